The predicted molar refractivity (Wildman–Crippen MR) is 78.8 cm³/mol. The summed E-state index contributed by atoms with van der Waals surface area (Å²) in [5.74, 6) is 0.655. The highest BCUT2D eigenvalue weighted by molar-refractivity contribution is 6.33. The molecule has 6 heteroatoms. The summed E-state index contributed by atoms with van der Waals surface area (Å²) >= 11 is 12.1. The van der Waals surface area contributed by atoms with E-state index in [2.05, 4.69) is 38.9 Å². The van der Waals surface area contributed by atoms with Crippen molar-refractivity contribution in [2.45, 2.75) is 0 Å². The average Bonchev–Trinajstić information content (AvgIpc) is 2.43. The van der Waals surface area contributed by atoms with Crippen molar-refractivity contribution in [1.29, 1.82) is 0 Å². The molecule has 0 saturated carbocycles. The van der Waals surface area contributed by atoms with Crippen molar-refractivity contribution in [1.82, 2.24) is 9.97 Å². The minimum absolute atomic E-state index is 0.204. The van der Waals surface area contributed by atoms with Crippen LogP contribution in [-0.4, -0.2) is 30.1 Å². The van der Waals surface area contributed by atoms with E-state index in [1.54, 1.807) is 0 Å². The maximum atomic E-state index is 6.19. The van der Waals surface area contributed by atoms with E-state index in [1.807, 2.05) is 12.1 Å². The third-order valence-electron chi connectivity index (χ3n) is 3.19. The number of fused-ring (bicyclic) bond motifs is 1. The minimum atomic E-state index is 0.204. The van der Waals surface area contributed by atoms with Crippen molar-refractivity contribution in [3.05, 3.63) is 40.8 Å². The van der Waals surface area contributed by atoms with Crippen molar-refractivity contribution in [3.63, 3.8) is 0 Å². The normalized spacial score (nSPS) is 14.5. The molecular formula is C13H12Cl2N4. The molecule has 1 aliphatic rings. The monoisotopic (exact) mass is 294 g/mol. The topological polar surface area (TPSA) is 32.3 Å². The number of likely N-dealkylation sites (N-methyl/N-ethyl adjacent to an activating group) is 1. The zero-order valence-electron chi connectivity index (χ0n) is 10.3. The van der Waals surface area contributed by atoms with E-state index in [9.17, 15) is 0 Å². The minimum Gasteiger partial charge on any atom is -0.371 e. The largest absolute Gasteiger partial charge is 0.371 e. The summed E-state index contributed by atoms with van der Waals surface area (Å²) in [5.41, 5.74) is 2.23. The van der Waals surface area contributed by atoms with Crippen molar-refractivity contribution in [2.24, 2.45) is 0 Å². The van der Waals surface area contributed by atoms with Gasteiger partial charge in [-0.3, -0.25) is 0 Å². The van der Waals surface area contributed by atoms with Gasteiger partial charge in [0.25, 0.3) is 0 Å². The first-order valence-corrected chi connectivity index (χ1v) is 6.68. The van der Waals surface area contributed by atoms with Gasteiger partial charge in [-0.05, 0) is 23.7 Å². The van der Waals surface area contributed by atoms with Crippen LogP contribution >= 0.6 is 23.2 Å². The van der Waals surface area contributed by atoms with Crippen LogP contribution in [0.3, 0.4) is 0 Å². The van der Waals surface area contributed by atoms with Crippen molar-refractivity contribution >= 4 is 40.4 Å². The second kappa shape index (κ2) is 4.87. The Morgan fingerprint density at radius 2 is 1.84 bits per heavy atom. The van der Waals surface area contributed by atoms with Crippen molar-refractivity contribution < 1.29 is 0 Å². The van der Waals surface area contributed by atoms with E-state index >= 15 is 0 Å². The number of anilines is 3. The number of nitrogens with zero attached hydrogens (tertiary/aromatic N) is 4. The number of rotatable bonds is 1. The number of hydrogen-bond donors (Lipinski definition) is 0. The molecule has 0 radical (unpaired) electrons. The highest BCUT2D eigenvalue weighted by Gasteiger charge is 2.23. The maximum Gasteiger partial charge on any atom is 0.224 e. The van der Waals surface area contributed by atoms with Crippen LogP contribution in [-0.2, 0) is 0 Å². The van der Waals surface area contributed by atoms with Gasteiger partial charge in [0, 0.05) is 20.1 Å². The van der Waals surface area contributed by atoms with Crippen LogP contribution < -0.4 is 9.80 Å². The molecule has 0 fully saturated rings. The van der Waals surface area contributed by atoms with Crippen LogP contribution in [0.15, 0.2) is 30.5 Å². The zero-order valence-corrected chi connectivity index (χ0v) is 11.9. The molecule has 0 unspecified atom stereocenters. The molecule has 4 nitrogen and oxygen atoms in total. The highest BCUT2D eigenvalue weighted by atomic mass is 35.5. The number of halogens is 2. The Bertz CT molecular complexity index is 617. The molecule has 2 aromatic rings. The van der Waals surface area contributed by atoms with Gasteiger partial charge >= 0.3 is 0 Å². The van der Waals surface area contributed by atoms with Gasteiger partial charge in [0.15, 0.2) is 5.82 Å². The van der Waals surface area contributed by atoms with E-state index in [-0.39, 0.29) is 5.28 Å². The number of benzene rings is 1. The van der Waals surface area contributed by atoms with Crippen molar-refractivity contribution in [2.75, 3.05) is 29.9 Å². The molecule has 98 valence electrons. The second-order valence-corrected chi connectivity index (χ2v) is 5.12. The Morgan fingerprint density at radius 3 is 2.63 bits per heavy atom. The molecule has 0 spiro atoms. The van der Waals surface area contributed by atoms with Gasteiger partial charge in [-0.15, -0.1) is 0 Å². The summed E-state index contributed by atoms with van der Waals surface area (Å²) in [6.07, 6.45) is 1.53. The Balaban J connectivity index is 2.12. The van der Waals surface area contributed by atoms with Crippen LogP contribution in [0.4, 0.5) is 17.2 Å². The first-order chi connectivity index (χ1) is 9.16. The molecule has 1 aromatic carbocycles. The third-order valence-corrected chi connectivity index (χ3v) is 3.64. The summed E-state index contributed by atoms with van der Waals surface area (Å²) in [7, 11) is 2.07. The summed E-state index contributed by atoms with van der Waals surface area (Å²) < 4.78 is 0. The number of aromatic nitrogens is 2. The van der Waals surface area contributed by atoms with Crippen LogP contribution in [0.1, 0.15) is 0 Å². The van der Waals surface area contributed by atoms with E-state index in [4.69, 9.17) is 23.2 Å². The van der Waals surface area contributed by atoms with Gasteiger partial charge in [-0.1, -0.05) is 23.7 Å². The average molecular weight is 295 g/mol. The Morgan fingerprint density at radius 1 is 1.11 bits per heavy atom. The Labute approximate surface area is 121 Å². The van der Waals surface area contributed by atoms with E-state index in [1.165, 1.54) is 6.20 Å². The number of para-hydroxylation sites is 2. The summed E-state index contributed by atoms with van der Waals surface area (Å²) in [5, 5.41) is 0.708. The third kappa shape index (κ3) is 2.22. The fourth-order valence-corrected chi connectivity index (χ4v) is 2.57. The summed E-state index contributed by atoms with van der Waals surface area (Å²) in [6, 6.07) is 8.16. The lowest BCUT2D eigenvalue weighted by molar-refractivity contribution is 0.811. The molecule has 0 amide bonds. The van der Waals surface area contributed by atoms with Gasteiger partial charge in [0.1, 0.15) is 5.02 Å². The van der Waals surface area contributed by atoms with E-state index in [0.717, 1.165) is 24.5 Å². The molecule has 0 N–H and O–H groups in total. The number of hydrogen-bond acceptors (Lipinski definition) is 4. The Hall–Kier alpha value is -1.52. The summed E-state index contributed by atoms with van der Waals surface area (Å²) in [6.45, 7) is 1.70. The molecule has 0 bridgehead atoms. The van der Waals surface area contributed by atoms with Crippen LogP contribution in [0.2, 0.25) is 10.3 Å². The molecule has 19 heavy (non-hydrogen) atoms. The fourth-order valence-electron chi connectivity index (χ4n) is 2.25. The van der Waals surface area contributed by atoms with Gasteiger partial charge < -0.3 is 9.80 Å². The molecule has 0 atom stereocenters. The lowest BCUT2D eigenvalue weighted by Gasteiger charge is -2.36. The molecular weight excluding hydrogens is 283 g/mol. The maximum absolute atomic E-state index is 6.19. The Kier molecular flexibility index (Phi) is 3.21. The van der Waals surface area contributed by atoms with E-state index < -0.39 is 0 Å². The highest BCUT2D eigenvalue weighted by Crippen LogP contribution is 2.38. The molecule has 3 rings (SSSR count). The zero-order chi connectivity index (χ0) is 13.4. The first-order valence-electron chi connectivity index (χ1n) is 5.92. The van der Waals surface area contributed by atoms with Crippen LogP contribution in [0.5, 0.6) is 0 Å². The second-order valence-electron chi connectivity index (χ2n) is 4.37. The SMILES string of the molecule is CN1CCN(c2nc(Cl)ncc2Cl)c2ccccc21. The predicted octanol–water partition coefficient (Wildman–Crippen LogP) is 3.37. The molecule has 1 aromatic heterocycles. The van der Waals surface area contributed by atoms with Gasteiger partial charge in [-0.25, -0.2) is 4.98 Å². The lowest BCUT2D eigenvalue weighted by Crippen LogP contribution is -2.37. The van der Waals surface area contributed by atoms with Gasteiger partial charge in [-0.2, -0.15) is 4.98 Å². The van der Waals surface area contributed by atoms with E-state index in [0.29, 0.717) is 10.8 Å². The fraction of sp³-hybridized carbons (Fsp3) is 0.231. The van der Waals surface area contributed by atoms with Crippen molar-refractivity contribution in [3.8, 4) is 0 Å². The molecule has 2 heterocycles. The lowest BCUT2D eigenvalue weighted by atomic mass is 10.2. The molecule has 0 saturated heterocycles. The molecule has 0 aliphatic carbocycles. The first kappa shape index (κ1) is 12.5. The smallest absolute Gasteiger partial charge is 0.224 e. The summed E-state index contributed by atoms with van der Waals surface area (Å²) in [4.78, 5) is 12.4. The van der Waals surface area contributed by atoms with Gasteiger partial charge in [0.2, 0.25) is 5.28 Å². The van der Waals surface area contributed by atoms with Crippen LogP contribution in [0.25, 0.3) is 0 Å². The van der Waals surface area contributed by atoms with Gasteiger partial charge in [0.05, 0.1) is 17.6 Å². The standard InChI is InChI=1S/C13H12Cl2N4/c1-18-6-7-19(11-5-3-2-4-10(11)18)12-9(14)8-16-13(15)17-12/h2-5,8H,6-7H2,1H3. The quantitative estimate of drug-likeness (QED) is 0.755. The van der Waals surface area contributed by atoms with Crippen LogP contribution in [0, 0.1) is 0 Å². The molecule has 1 aliphatic heterocycles.